The van der Waals surface area contributed by atoms with Gasteiger partial charge < -0.3 is 5.11 Å². The number of sulfonamides is 1. The Bertz CT molecular complexity index is 531. The van der Waals surface area contributed by atoms with Crippen LogP contribution < -0.4 is 4.72 Å². The first-order valence-electron chi connectivity index (χ1n) is 7.77. The molecule has 0 aromatic heterocycles. The Morgan fingerprint density at radius 1 is 1.19 bits per heavy atom. The molecule has 2 N–H and O–H groups in total. The molecule has 1 aliphatic carbocycles. The number of benzene rings is 1. The average Bonchev–Trinajstić information content (AvgIpc) is 2.48. The lowest BCUT2D eigenvalue weighted by atomic mass is 9.87. The summed E-state index contributed by atoms with van der Waals surface area (Å²) in [4.78, 5) is 0.260. The Morgan fingerprint density at radius 2 is 1.81 bits per heavy atom. The maximum Gasteiger partial charge on any atom is 0.240 e. The van der Waals surface area contributed by atoms with Crippen molar-refractivity contribution in [1.82, 2.24) is 4.72 Å². The number of aliphatic hydroxyl groups is 1. The molecule has 1 saturated carbocycles. The molecule has 1 aliphatic rings. The van der Waals surface area contributed by atoms with Crippen LogP contribution >= 0.6 is 0 Å². The molecule has 2 rings (SSSR count). The van der Waals surface area contributed by atoms with Crippen molar-refractivity contribution in [3.63, 3.8) is 0 Å². The summed E-state index contributed by atoms with van der Waals surface area (Å²) in [5, 5.41) is 9.44. The zero-order valence-electron chi connectivity index (χ0n) is 12.6. The Kier molecular flexibility index (Phi) is 5.79. The number of hydrogen-bond donors (Lipinski definition) is 2. The van der Waals surface area contributed by atoms with Crippen molar-refractivity contribution in [3.05, 3.63) is 29.8 Å². The van der Waals surface area contributed by atoms with E-state index >= 15 is 0 Å². The minimum Gasteiger partial charge on any atom is -0.389 e. The minimum absolute atomic E-state index is 0.260. The molecule has 0 heterocycles. The van der Waals surface area contributed by atoms with Crippen LogP contribution in [0, 0.1) is 5.92 Å². The molecule has 0 bridgehead atoms. The highest BCUT2D eigenvalue weighted by Gasteiger charge is 2.17. The predicted molar refractivity (Wildman–Crippen MR) is 83.5 cm³/mol. The first-order chi connectivity index (χ1) is 9.99. The zero-order valence-corrected chi connectivity index (χ0v) is 13.4. The third-order valence-electron chi connectivity index (χ3n) is 4.24. The van der Waals surface area contributed by atoms with Crippen LogP contribution in [0.3, 0.4) is 0 Å². The van der Waals surface area contributed by atoms with Gasteiger partial charge in [0.05, 0.1) is 11.0 Å². The molecule has 4 nitrogen and oxygen atoms in total. The number of hydrogen-bond acceptors (Lipinski definition) is 3. The first kappa shape index (κ1) is 16.5. The van der Waals surface area contributed by atoms with E-state index in [1.54, 1.807) is 31.2 Å². The van der Waals surface area contributed by atoms with Crippen molar-refractivity contribution in [2.45, 2.75) is 56.4 Å². The van der Waals surface area contributed by atoms with E-state index in [0.717, 1.165) is 12.0 Å². The minimum atomic E-state index is -3.44. The van der Waals surface area contributed by atoms with Gasteiger partial charge in [-0.05, 0) is 37.0 Å². The standard InChI is InChI=1S/C16H25NO3S/c1-13(18)15-7-9-16(10-8-15)21(19,20)17-12-11-14-5-3-2-4-6-14/h7-10,13-14,17-18H,2-6,11-12H2,1H3. The van der Waals surface area contributed by atoms with E-state index in [0.29, 0.717) is 12.5 Å². The lowest BCUT2D eigenvalue weighted by Gasteiger charge is -2.21. The Balaban J connectivity index is 1.88. The van der Waals surface area contributed by atoms with Crippen LogP contribution in [0.25, 0.3) is 0 Å². The third kappa shape index (κ3) is 4.80. The number of nitrogens with one attached hydrogen (secondary N) is 1. The van der Waals surface area contributed by atoms with E-state index in [1.807, 2.05) is 0 Å². The van der Waals surface area contributed by atoms with Gasteiger partial charge in [-0.2, -0.15) is 0 Å². The number of aliphatic hydroxyl groups excluding tert-OH is 1. The highest BCUT2D eigenvalue weighted by atomic mass is 32.2. The Hall–Kier alpha value is -0.910. The van der Waals surface area contributed by atoms with E-state index < -0.39 is 16.1 Å². The molecule has 0 saturated heterocycles. The van der Waals surface area contributed by atoms with Crippen LogP contribution in [-0.4, -0.2) is 20.1 Å². The molecule has 118 valence electrons. The van der Waals surface area contributed by atoms with Crippen molar-refractivity contribution in [1.29, 1.82) is 0 Å². The quantitative estimate of drug-likeness (QED) is 0.848. The van der Waals surface area contributed by atoms with Gasteiger partial charge in [0.2, 0.25) is 10.0 Å². The summed E-state index contributed by atoms with van der Waals surface area (Å²) in [5.74, 6) is 0.666. The second-order valence-corrected chi connectivity index (χ2v) is 7.70. The maximum atomic E-state index is 12.2. The van der Waals surface area contributed by atoms with Crippen LogP contribution in [0.4, 0.5) is 0 Å². The molecule has 0 amide bonds. The van der Waals surface area contributed by atoms with Crippen molar-refractivity contribution in [3.8, 4) is 0 Å². The van der Waals surface area contributed by atoms with Gasteiger partial charge in [0.1, 0.15) is 0 Å². The van der Waals surface area contributed by atoms with E-state index in [9.17, 15) is 13.5 Å². The molecule has 0 radical (unpaired) electrons. The lowest BCUT2D eigenvalue weighted by Crippen LogP contribution is -2.26. The highest BCUT2D eigenvalue weighted by molar-refractivity contribution is 7.89. The number of rotatable bonds is 6. The molecule has 1 atom stereocenters. The fraction of sp³-hybridized carbons (Fsp3) is 0.625. The SMILES string of the molecule is CC(O)c1ccc(S(=O)(=O)NCCC2CCCCC2)cc1. The highest BCUT2D eigenvalue weighted by Crippen LogP contribution is 2.26. The van der Waals surface area contributed by atoms with E-state index in [2.05, 4.69) is 4.72 Å². The summed E-state index contributed by atoms with van der Waals surface area (Å²) in [6, 6.07) is 6.40. The summed E-state index contributed by atoms with van der Waals surface area (Å²) in [5.41, 5.74) is 0.719. The van der Waals surface area contributed by atoms with E-state index in [1.165, 1.54) is 32.1 Å². The summed E-state index contributed by atoms with van der Waals surface area (Å²) < 4.78 is 27.0. The maximum absolute atomic E-state index is 12.2. The average molecular weight is 311 g/mol. The van der Waals surface area contributed by atoms with Gasteiger partial charge in [-0.25, -0.2) is 13.1 Å². The largest absolute Gasteiger partial charge is 0.389 e. The van der Waals surface area contributed by atoms with E-state index in [-0.39, 0.29) is 4.90 Å². The molecule has 21 heavy (non-hydrogen) atoms. The molecule has 1 aromatic carbocycles. The molecular formula is C16H25NO3S. The van der Waals surface area contributed by atoms with Gasteiger partial charge in [-0.3, -0.25) is 0 Å². The smallest absolute Gasteiger partial charge is 0.240 e. The zero-order chi connectivity index (χ0) is 15.3. The molecule has 0 spiro atoms. The second kappa shape index (κ2) is 7.38. The van der Waals surface area contributed by atoms with Crippen molar-refractivity contribution >= 4 is 10.0 Å². The first-order valence-corrected chi connectivity index (χ1v) is 9.25. The monoisotopic (exact) mass is 311 g/mol. The molecule has 5 heteroatoms. The second-order valence-electron chi connectivity index (χ2n) is 5.94. The van der Waals surface area contributed by atoms with Gasteiger partial charge in [0.25, 0.3) is 0 Å². The predicted octanol–water partition coefficient (Wildman–Crippen LogP) is 2.99. The normalized spacial score (nSPS) is 18.6. The van der Waals surface area contributed by atoms with Crippen LogP contribution in [0.1, 0.15) is 57.1 Å². The molecule has 1 fully saturated rings. The van der Waals surface area contributed by atoms with Crippen LogP contribution in [-0.2, 0) is 10.0 Å². The van der Waals surface area contributed by atoms with Crippen molar-refractivity contribution in [2.24, 2.45) is 5.92 Å². The molecule has 0 aliphatic heterocycles. The van der Waals surface area contributed by atoms with Gasteiger partial charge in [-0.15, -0.1) is 0 Å². The van der Waals surface area contributed by atoms with Gasteiger partial charge in [-0.1, -0.05) is 44.2 Å². The molecule has 1 unspecified atom stereocenters. The topological polar surface area (TPSA) is 66.4 Å². The summed E-state index contributed by atoms with van der Waals surface area (Å²) in [6.45, 7) is 2.16. The molecule has 1 aromatic rings. The van der Waals surface area contributed by atoms with Gasteiger partial charge in [0, 0.05) is 6.54 Å². The van der Waals surface area contributed by atoms with Gasteiger partial charge >= 0.3 is 0 Å². The summed E-state index contributed by atoms with van der Waals surface area (Å²) in [7, 11) is -3.44. The van der Waals surface area contributed by atoms with Crippen molar-refractivity contribution < 1.29 is 13.5 Å². The van der Waals surface area contributed by atoms with E-state index in [4.69, 9.17) is 0 Å². The Labute approximate surface area is 127 Å². The summed E-state index contributed by atoms with van der Waals surface area (Å²) in [6.07, 6.45) is 6.66. The van der Waals surface area contributed by atoms with Crippen LogP contribution in [0.5, 0.6) is 0 Å². The van der Waals surface area contributed by atoms with Gasteiger partial charge in [0.15, 0.2) is 0 Å². The molecular weight excluding hydrogens is 286 g/mol. The van der Waals surface area contributed by atoms with Crippen LogP contribution in [0.2, 0.25) is 0 Å². The summed E-state index contributed by atoms with van der Waals surface area (Å²) >= 11 is 0. The van der Waals surface area contributed by atoms with Crippen LogP contribution in [0.15, 0.2) is 29.2 Å². The third-order valence-corrected chi connectivity index (χ3v) is 5.72. The van der Waals surface area contributed by atoms with Crippen molar-refractivity contribution in [2.75, 3.05) is 6.54 Å². The lowest BCUT2D eigenvalue weighted by molar-refractivity contribution is 0.199. The fourth-order valence-electron chi connectivity index (χ4n) is 2.88. The Morgan fingerprint density at radius 3 is 2.38 bits per heavy atom. The fourth-order valence-corrected chi connectivity index (χ4v) is 3.93.